The third kappa shape index (κ3) is 2.94. The third-order valence-electron chi connectivity index (χ3n) is 3.04. The first kappa shape index (κ1) is 14.8. The van der Waals surface area contributed by atoms with Crippen LogP contribution < -0.4 is 4.74 Å². The molecule has 1 aliphatic heterocycles. The lowest BCUT2D eigenvalue weighted by atomic mass is 9.99. The topological polar surface area (TPSA) is 129 Å². The molecule has 110 valence electrons. The van der Waals surface area contributed by atoms with Crippen LogP contribution in [0.5, 0.6) is 5.75 Å². The number of rotatable bonds is 4. The summed E-state index contributed by atoms with van der Waals surface area (Å²) in [6.07, 6.45) is -6.69. The fourth-order valence-corrected chi connectivity index (χ4v) is 1.88. The van der Waals surface area contributed by atoms with E-state index in [1.165, 1.54) is 24.3 Å². The summed E-state index contributed by atoms with van der Waals surface area (Å²) in [5.74, 6) is 0.279. The highest BCUT2D eigenvalue weighted by Gasteiger charge is 2.44. The molecular weight excluding hydrogens is 270 g/mol. The first-order valence-electron chi connectivity index (χ1n) is 5.97. The van der Waals surface area contributed by atoms with Crippen LogP contribution in [0.3, 0.4) is 0 Å². The number of aliphatic hydroxyl groups is 4. The predicted octanol–water partition coefficient (Wildman–Crippen LogP) is -0.737. The summed E-state index contributed by atoms with van der Waals surface area (Å²) >= 11 is 0. The third-order valence-corrected chi connectivity index (χ3v) is 3.04. The highest BCUT2D eigenvalue weighted by atomic mass is 16.7. The molecule has 1 aliphatic rings. The largest absolute Gasteiger partial charge is 0.462 e. The second-order valence-corrected chi connectivity index (χ2v) is 4.40. The van der Waals surface area contributed by atoms with Gasteiger partial charge in [0.05, 0.1) is 6.61 Å². The quantitative estimate of drug-likeness (QED) is 0.536. The van der Waals surface area contributed by atoms with Crippen molar-refractivity contribution < 1.29 is 29.9 Å². The molecule has 1 fully saturated rings. The Hall–Kier alpha value is -1.58. The average Bonchev–Trinajstić information content (AvgIpc) is 2.48. The van der Waals surface area contributed by atoms with Crippen molar-refractivity contribution in [3.8, 4) is 5.75 Å². The summed E-state index contributed by atoms with van der Waals surface area (Å²) in [5.41, 5.74) is 0.214. The number of hydrogen-bond acceptors (Lipinski definition) is 8. The highest BCUT2D eigenvalue weighted by molar-refractivity contribution is 5.40. The van der Waals surface area contributed by atoms with E-state index in [2.05, 4.69) is 5.18 Å². The molecule has 0 spiro atoms. The summed E-state index contributed by atoms with van der Waals surface area (Å²) in [4.78, 5) is 10.3. The molecule has 1 aromatic rings. The zero-order chi connectivity index (χ0) is 14.7. The van der Waals surface area contributed by atoms with E-state index in [-0.39, 0.29) is 11.4 Å². The number of nitroso groups, excluding NO2 is 1. The van der Waals surface area contributed by atoms with Crippen LogP contribution in [0.1, 0.15) is 0 Å². The van der Waals surface area contributed by atoms with Crippen molar-refractivity contribution in [2.45, 2.75) is 30.7 Å². The maximum absolute atomic E-state index is 10.3. The summed E-state index contributed by atoms with van der Waals surface area (Å²) < 4.78 is 10.5. The Morgan fingerprint density at radius 3 is 2.30 bits per heavy atom. The van der Waals surface area contributed by atoms with Gasteiger partial charge in [0.1, 0.15) is 35.9 Å². The molecule has 0 amide bonds. The smallest absolute Gasteiger partial charge is 0.229 e. The Balaban J connectivity index is 2.08. The van der Waals surface area contributed by atoms with Gasteiger partial charge >= 0.3 is 0 Å². The van der Waals surface area contributed by atoms with Crippen LogP contribution in [0.4, 0.5) is 5.69 Å². The molecule has 20 heavy (non-hydrogen) atoms. The van der Waals surface area contributed by atoms with Crippen LogP contribution in [0.15, 0.2) is 29.4 Å². The van der Waals surface area contributed by atoms with Crippen LogP contribution in [0.2, 0.25) is 0 Å². The molecule has 1 aromatic carbocycles. The molecule has 1 heterocycles. The van der Waals surface area contributed by atoms with Gasteiger partial charge in [-0.1, -0.05) is 0 Å². The van der Waals surface area contributed by atoms with Crippen LogP contribution in [0, 0.1) is 4.91 Å². The minimum absolute atomic E-state index is 0.214. The summed E-state index contributed by atoms with van der Waals surface area (Å²) in [7, 11) is 0. The fourth-order valence-electron chi connectivity index (χ4n) is 1.88. The van der Waals surface area contributed by atoms with Crippen molar-refractivity contribution >= 4 is 5.69 Å². The van der Waals surface area contributed by atoms with Crippen molar-refractivity contribution in [2.75, 3.05) is 6.61 Å². The number of hydrogen-bond donors (Lipinski definition) is 4. The van der Waals surface area contributed by atoms with Crippen LogP contribution in [-0.2, 0) is 4.74 Å². The van der Waals surface area contributed by atoms with Crippen molar-refractivity contribution in [3.05, 3.63) is 29.2 Å². The second-order valence-electron chi connectivity index (χ2n) is 4.40. The number of nitrogens with zero attached hydrogens (tertiary/aromatic N) is 1. The molecule has 0 aromatic heterocycles. The Morgan fingerprint density at radius 1 is 1.10 bits per heavy atom. The molecule has 0 saturated carbocycles. The van der Waals surface area contributed by atoms with Gasteiger partial charge in [0.2, 0.25) is 6.29 Å². The molecule has 0 unspecified atom stereocenters. The van der Waals surface area contributed by atoms with Crippen LogP contribution >= 0.6 is 0 Å². The van der Waals surface area contributed by atoms with Crippen molar-refractivity contribution in [2.24, 2.45) is 5.18 Å². The van der Waals surface area contributed by atoms with Gasteiger partial charge in [0.25, 0.3) is 0 Å². The predicted molar refractivity (Wildman–Crippen MR) is 66.3 cm³/mol. The van der Waals surface area contributed by atoms with Crippen molar-refractivity contribution in [1.29, 1.82) is 0 Å². The molecule has 0 aliphatic carbocycles. The maximum atomic E-state index is 10.3. The summed E-state index contributed by atoms with van der Waals surface area (Å²) in [6.45, 7) is -0.529. The van der Waals surface area contributed by atoms with Gasteiger partial charge in [0, 0.05) is 0 Å². The lowest BCUT2D eigenvalue weighted by Crippen LogP contribution is -2.60. The molecule has 0 bridgehead atoms. The molecule has 4 N–H and O–H groups in total. The van der Waals surface area contributed by atoms with Gasteiger partial charge in [-0.15, -0.1) is 4.91 Å². The van der Waals surface area contributed by atoms with E-state index in [1.54, 1.807) is 0 Å². The average molecular weight is 285 g/mol. The van der Waals surface area contributed by atoms with E-state index in [9.17, 15) is 20.2 Å². The van der Waals surface area contributed by atoms with Crippen LogP contribution in [-0.4, -0.2) is 57.7 Å². The van der Waals surface area contributed by atoms with Gasteiger partial charge in [-0.05, 0) is 29.4 Å². The van der Waals surface area contributed by atoms with E-state index in [0.717, 1.165) is 0 Å². The zero-order valence-electron chi connectivity index (χ0n) is 10.4. The first-order chi connectivity index (χ1) is 9.56. The maximum Gasteiger partial charge on any atom is 0.229 e. The number of benzene rings is 1. The van der Waals surface area contributed by atoms with Crippen molar-refractivity contribution in [1.82, 2.24) is 0 Å². The van der Waals surface area contributed by atoms with E-state index >= 15 is 0 Å². The molecule has 0 radical (unpaired) electrons. The molecular formula is C12H15NO7. The summed E-state index contributed by atoms with van der Waals surface area (Å²) in [5, 5.41) is 40.8. The molecule has 8 heteroatoms. The normalized spacial score (nSPS) is 33.7. The Morgan fingerprint density at radius 2 is 1.75 bits per heavy atom. The number of aliphatic hydroxyl groups excluding tert-OH is 4. The lowest BCUT2D eigenvalue weighted by molar-refractivity contribution is -0.277. The van der Waals surface area contributed by atoms with Gasteiger partial charge in [-0.3, -0.25) is 0 Å². The zero-order valence-corrected chi connectivity index (χ0v) is 10.4. The van der Waals surface area contributed by atoms with Gasteiger partial charge < -0.3 is 29.9 Å². The van der Waals surface area contributed by atoms with Gasteiger partial charge in [-0.2, -0.15) is 0 Å². The van der Waals surface area contributed by atoms with E-state index < -0.39 is 37.3 Å². The fraction of sp³-hybridized carbons (Fsp3) is 0.500. The first-order valence-corrected chi connectivity index (χ1v) is 5.97. The Bertz CT molecular complexity index is 450. The van der Waals surface area contributed by atoms with E-state index in [4.69, 9.17) is 14.6 Å². The molecule has 2 rings (SSSR count). The molecule has 8 nitrogen and oxygen atoms in total. The highest BCUT2D eigenvalue weighted by Crippen LogP contribution is 2.25. The molecule has 1 saturated heterocycles. The van der Waals surface area contributed by atoms with Crippen LogP contribution in [0.25, 0.3) is 0 Å². The van der Waals surface area contributed by atoms with E-state index in [0.29, 0.717) is 0 Å². The number of ether oxygens (including phenoxy) is 2. The standard InChI is InChI=1S/C12H15NO7/c14-5-8-9(15)10(16)11(17)12(20-8)19-7-3-1-6(13-18)2-4-7/h1-4,8-12,14-17H,5H2/t8-,9+,10+,11-,12-/m1/s1. The summed E-state index contributed by atoms with van der Waals surface area (Å²) in [6, 6.07) is 5.70. The second kappa shape index (κ2) is 6.25. The van der Waals surface area contributed by atoms with E-state index in [1.807, 2.05) is 0 Å². The Labute approximate surface area is 114 Å². The SMILES string of the molecule is O=Nc1ccc(O[C@@H]2O[C@H](CO)[C@H](O)[C@H](O)[C@H]2O)cc1. The Kier molecular flexibility index (Phi) is 4.63. The lowest BCUT2D eigenvalue weighted by Gasteiger charge is -2.39. The monoisotopic (exact) mass is 285 g/mol. The minimum Gasteiger partial charge on any atom is -0.462 e. The van der Waals surface area contributed by atoms with Gasteiger partial charge in [0.15, 0.2) is 0 Å². The minimum atomic E-state index is -1.50. The van der Waals surface area contributed by atoms with Crippen molar-refractivity contribution in [3.63, 3.8) is 0 Å². The molecule has 5 atom stereocenters. The van der Waals surface area contributed by atoms with Gasteiger partial charge in [-0.25, -0.2) is 0 Å².